The van der Waals surface area contributed by atoms with Gasteiger partial charge in [0.25, 0.3) is 0 Å². The Bertz CT molecular complexity index is 3440. The van der Waals surface area contributed by atoms with Crippen LogP contribution in [0.25, 0.3) is 0 Å². The molecule has 2 aliphatic carbocycles. The average molecular weight is 1950 g/mol. The first-order valence-electron chi connectivity index (χ1n) is 58.8. The standard InChI is InChI=1S/C18H35N.C17H34N2.C17H32N2.C16H32N2.2C15H30N2.C14H27N.C13H26N2/c1-16(2,3)15-7-9-18(10-8-15)11-13-19(14-12-18)17(4,5)6;1-15(2,3)18-11-7-17(8-12-18)9-13-19(14-10-17)16(4,5)6;1-14-12-17(13-19(14)16(5,6)7)8-10-18(11-9-17)15(2,3)4;1-14(2,3)17-10-7-16(8-11-17)9-12-18(13-16)15(4,5)6;1-13(2,3)16-9-7-15(8-10-16)11-17(12-15)14(4,5)6;1-13(2)16-9-6-15(12-16)7-10-17(11-8-15)14(3,4)5;1-12(2,3)11-7-14(8-11)9-15(10-14)13(4,5)6;1-11(2,3)14-7-13(8-14)9-15(10-13)12(4,5)6/h15H,7-14H2,1-6H3;7-14H2,1-6H3;1,8-13H2,2-7H3;7-13H2,1-6H3;7-12H2,1-6H3;13H,6-12H2,1-5H3;11H,7-10H2,1-6H3;7-10H2,1-6H3. The Labute approximate surface area is 869 Å². The van der Waals surface area contributed by atoms with E-state index < -0.39 is 0 Å². The van der Waals surface area contributed by atoms with E-state index in [-0.39, 0.29) is 5.54 Å². The van der Waals surface area contributed by atoms with Gasteiger partial charge in [0.2, 0.25) is 0 Å². The lowest BCUT2D eigenvalue weighted by molar-refractivity contribution is -0.167. The molecule has 14 saturated heterocycles. The second-order valence-corrected chi connectivity index (χ2v) is 66.5. The third-order valence-electron chi connectivity index (χ3n) is 40.1. The van der Waals surface area contributed by atoms with Gasteiger partial charge in [0, 0.05) is 161 Å². The Kier molecular flexibility index (Phi) is 38.2. The van der Waals surface area contributed by atoms with Crippen LogP contribution in [0.1, 0.15) is 473 Å². The highest BCUT2D eigenvalue weighted by Gasteiger charge is 2.59. The first kappa shape index (κ1) is 122. The Morgan fingerprint density at radius 3 is 0.619 bits per heavy atom. The molecule has 16 aliphatic rings. The largest absolute Gasteiger partial charge is 0.370 e. The summed E-state index contributed by atoms with van der Waals surface area (Å²) in [5.74, 6) is 1.93. The highest BCUT2D eigenvalue weighted by atomic mass is 15.4. The Hall–Kier alpha value is -0.980. The maximum atomic E-state index is 4.33. The van der Waals surface area contributed by atoms with Crippen molar-refractivity contribution in [3.8, 4) is 0 Å². The molecule has 16 fully saturated rings. The van der Waals surface area contributed by atoms with Crippen molar-refractivity contribution in [3.05, 3.63) is 12.3 Å². The Balaban J connectivity index is 0.000000178. The van der Waals surface area contributed by atoms with Crippen molar-refractivity contribution in [1.29, 1.82) is 0 Å². The molecule has 816 valence electrons. The van der Waals surface area contributed by atoms with E-state index >= 15 is 0 Å². The summed E-state index contributed by atoms with van der Waals surface area (Å²) >= 11 is 0. The lowest BCUT2D eigenvalue weighted by Gasteiger charge is -2.66. The van der Waals surface area contributed by atoms with Crippen molar-refractivity contribution in [2.45, 2.75) is 551 Å². The highest BCUT2D eigenvalue weighted by Crippen LogP contribution is 2.60. The van der Waals surface area contributed by atoms with Crippen LogP contribution in [0.3, 0.4) is 0 Å². The molecule has 14 heteroatoms. The van der Waals surface area contributed by atoms with E-state index in [1.807, 2.05) is 0 Å². The Morgan fingerprint density at radius 1 is 0.194 bits per heavy atom. The van der Waals surface area contributed by atoms with Gasteiger partial charge in [-0.3, -0.25) is 58.8 Å². The van der Waals surface area contributed by atoms with E-state index in [0.29, 0.717) is 115 Å². The molecule has 139 heavy (non-hydrogen) atoms. The monoisotopic (exact) mass is 1940 g/mol. The van der Waals surface area contributed by atoms with Crippen molar-refractivity contribution in [1.82, 2.24) is 68.6 Å². The summed E-state index contributed by atoms with van der Waals surface area (Å²) in [6, 6.07) is 0.732. The van der Waals surface area contributed by atoms with Crippen LogP contribution in [0.5, 0.6) is 0 Å². The van der Waals surface area contributed by atoms with Gasteiger partial charge in [0.1, 0.15) is 0 Å². The first-order chi connectivity index (χ1) is 62.6. The fourth-order valence-electron chi connectivity index (χ4n) is 27.8. The molecule has 0 atom stereocenters. The summed E-state index contributed by atoms with van der Waals surface area (Å²) in [5, 5.41) is 0. The van der Waals surface area contributed by atoms with Gasteiger partial charge < -0.3 is 9.80 Å². The van der Waals surface area contributed by atoms with Gasteiger partial charge >= 0.3 is 0 Å². The zero-order valence-corrected chi connectivity index (χ0v) is 103. The van der Waals surface area contributed by atoms with Crippen LogP contribution in [0.2, 0.25) is 0 Å². The molecule has 0 aromatic heterocycles. The molecule has 2 saturated carbocycles. The summed E-state index contributed by atoms with van der Waals surface area (Å²) in [6.45, 7) is 150. The molecule has 14 heterocycles. The lowest BCUT2D eigenvalue weighted by atomic mass is 9.51. The molecule has 0 unspecified atom stereocenters. The molecular formula is C125H246N14. The van der Waals surface area contributed by atoms with Crippen LogP contribution in [0, 0.1) is 66.0 Å². The SMILES string of the molecule is C=C1CC2(CCN(C(C)(C)C)CC2)CN1C(C)(C)C.CC(C)(C)C1CC2(C1)CN(C(C)(C)C)C2.CC(C)(C)C1CCC2(CC1)CCN(C(C)(C)C)CC2.CC(C)(C)N1CC2(C1)CN(C(C)(C)C)C2.CC(C)(C)N1CCC2(CC1)CCN(C(C)(C)C)C2.CC(C)(C)N1CCC2(CC1)CCN(C(C)(C)C)CC2.CC(C)(C)N1CCC2(CC1)CN(C(C)(C)C)C2.CC(C)N1CCC2(CCN(C(C)(C)C)CC2)C1. The maximum absolute atomic E-state index is 4.33. The first-order valence-corrected chi connectivity index (χ1v) is 58.8. The number of piperidine rings is 7. The van der Waals surface area contributed by atoms with Gasteiger partial charge in [-0.1, -0.05) is 48.1 Å². The van der Waals surface area contributed by atoms with Crippen molar-refractivity contribution < 1.29 is 0 Å². The number of hydrogen-bond acceptors (Lipinski definition) is 14. The molecule has 14 aliphatic heterocycles. The fraction of sp³-hybridized carbons (Fsp3) is 0.984. The summed E-state index contributed by atoms with van der Waals surface area (Å²) in [5.41, 5.74) is 12.2. The summed E-state index contributed by atoms with van der Waals surface area (Å²) in [6.07, 6.45) is 32.6. The summed E-state index contributed by atoms with van der Waals surface area (Å²) in [4.78, 5) is 37.0. The van der Waals surface area contributed by atoms with Gasteiger partial charge in [-0.15, -0.1) is 0 Å². The van der Waals surface area contributed by atoms with Gasteiger partial charge in [0.05, 0.1) is 0 Å². The van der Waals surface area contributed by atoms with Crippen LogP contribution in [-0.2, 0) is 0 Å². The zero-order chi connectivity index (χ0) is 105. The average Bonchev–Trinajstić information content (AvgIpc) is 1.38. The van der Waals surface area contributed by atoms with Crippen molar-refractivity contribution in [3.63, 3.8) is 0 Å². The topological polar surface area (TPSA) is 45.4 Å². The van der Waals surface area contributed by atoms with Crippen LogP contribution in [0.15, 0.2) is 12.3 Å². The number of likely N-dealkylation sites (tertiary alicyclic amines) is 14. The molecule has 0 aromatic rings. The molecule has 0 N–H and O–H groups in total. The van der Waals surface area contributed by atoms with E-state index in [1.165, 1.54) is 330 Å². The predicted octanol–water partition coefficient (Wildman–Crippen LogP) is 27.8. The lowest BCUT2D eigenvalue weighted by Crippen LogP contribution is -2.76. The van der Waals surface area contributed by atoms with Crippen molar-refractivity contribution in [2.75, 3.05) is 177 Å². The van der Waals surface area contributed by atoms with Crippen molar-refractivity contribution in [2.24, 2.45) is 66.0 Å². The normalized spacial score (nSPS) is 27.3. The second kappa shape index (κ2) is 43.6. The molecule has 0 radical (unpaired) electrons. The van der Waals surface area contributed by atoms with E-state index in [4.69, 9.17) is 0 Å². The number of rotatable bonds is 1. The van der Waals surface area contributed by atoms with Gasteiger partial charge in [-0.05, 0) is 597 Å². The molecule has 0 bridgehead atoms. The van der Waals surface area contributed by atoms with Crippen LogP contribution < -0.4 is 0 Å². The van der Waals surface area contributed by atoms with Crippen molar-refractivity contribution >= 4 is 0 Å². The summed E-state index contributed by atoms with van der Waals surface area (Å²) < 4.78 is 0. The third-order valence-corrected chi connectivity index (χ3v) is 40.1. The van der Waals surface area contributed by atoms with E-state index in [1.54, 1.807) is 0 Å². The number of hydrogen-bond donors (Lipinski definition) is 0. The van der Waals surface area contributed by atoms with Crippen LogP contribution in [-0.4, -0.2) is 323 Å². The molecule has 8 spiro atoms. The molecule has 16 rings (SSSR count). The molecular weight excluding hydrogens is 1700 g/mol. The van der Waals surface area contributed by atoms with Gasteiger partial charge in [-0.2, -0.15) is 0 Å². The predicted molar refractivity (Wildman–Crippen MR) is 610 cm³/mol. The Morgan fingerprint density at radius 2 is 0.396 bits per heavy atom. The number of allylic oxidation sites excluding steroid dienone is 1. The minimum Gasteiger partial charge on any atom is -0.370 e. The number of nitrogens with zero attached hydrogens (tertiary/aromatic N) is 14. The van der Waals surface area contributed by atoms with Crippen LogP contribution in [0.4, 0.5) is 0 Å². The minimum absolute atomic E-state index is 0.224. The minimum atomic E-state index is 0.224. The smallest absolute Gasteiger partial charge is 0.0315 e. The van der Waals surface area contributed by atoms with Gasteiger partial charge in [-0.25, -0.2) is 0 Å². The summed E-state index contributed by atoms with van der Waals surface area (Å²) in [7, 11) is 0. The van der Waals surface area contributed by atoms with E-state index in [2.05, 4.69) is 401 Å². The third kappa shape index (κ3) is 33.0. The maximum Gasteiger partial charge on any atom is 0.0315 e. The zero-order valence-electron chi connectivity index (χ0n) is 103. The van der Waals surface area contributed by atoms with Crippen LogP contribution >= 0.6 is 0 Å². The highest BCUT2D eigenvalue weighted by molar-refractivity contribution is 5.16. The molecule has 0 aromatic carbocycles. The fourth-order valence-corrected chi connectivity index (χ4v) is 27.8. The molecule has 0 amide bonds. The van der Waals surface area contributed by atoms with E-state index in [0.717, 1.165) is 23.3 Å². The van der Waals surface area contributed by atoms with Gasteiger partial charge in [0.15, 0.2) is 0 Å². The second-order valence-electron chi connectivity index (χ2n) is 66.5. The molecule has 14 nitrogen and oxygen atoms in total. The quantitative estimate of drug-likeness (QED) is 0.250. The van der Waals surface area contributed by atoms with E-state index in [9.17, 15) is 0 Å².